The number of alkyl halides is 2. The van der Waals surface area contributed by atoms with Crippen LogP contribution in [-0.4, -0.2) is 113 Å². The fourth-order valence-electron chi connectivity index (χ4n) is 9.17. The van der Waals surface area contributed by atoms with Gasteiger partial charge >= 0.3 is 0 Å². The Hall–Kier alpha value is -7.62. The summed E-state index contributed by atoms with van der Waals surface area (Å²) < 4.78 is 133. The van der Waals surface area contributed by atoms with E-state index in [0.717, 1.165) is 6.42 Å². The van der Waals surface area contributed by atoms with Crippen molar-refractivity contribution in [3.05, 3.63) is 120 Å². The van der Waals surface area contributed by atoms with Crippen molar-refractivity contribution >= 4 is 31.3 Å². The molecule has 5 atom stereocenters. The molecule has 6 heterocycles. The summed E-state index contributed by atoms with van der Waals surface area (Å²) in [5.41, 5.74) is 15.9. The van der Waals surface area contributed by atoms with Gasteiger partial charge in [0, 0.05) is 42.9 Å². The van der Waals surface area contributed by atoms with Gasteiger partial charge in [0.1, 0.15) is 17.7 Å². The standard InChI is InChI=1S/C54H54F4N12O8S2/c1-29(15-18-55)79(71,72)37-9-5-33(6-10-37)43-26-63-49(59)47(64-43)53-69-67-51(77-53)39-14-4-32(22-42(39)58)25-62-36-23-44(76-28-36)46-45(34-7-11-38(12-8-34)80(73,74)30(2)16-19-56)65-48(50(60)66-46)54-70-68-52(78-54)40-13-3-31(21-41(40)57)24-61-35-17-20-75-27-35/h3-14,21-22,26,29-30,35-36,44,61-62H,15-20,23-25,27-28H2,1-2H3,(H2,59,63)(H2,60,66)/t29?,30?,35-,36+,44?/m0/s1. The third kappa shape index (κ3) is 11.8. The first-order valence-electron chi connectivity index (χ1n) is 25.5. The molecule has 2 saturated heterocycles. The highest BCUT2D eigenvalue weighted by Crippen LogP contribution is 2.39. The number of ether oxygens (including phenoxy) is 2. The van der Waals surface area contributed by atoms with E-state index in [1.54, 1.807) is 30.3 Å². The molecular weight excluding hydrogens is 1080 g/mol. The fraction of sp³-hybridized carbons (Fsp3) is 0.333. The van der Waals surface area contributed by atoms with Crippen LogP contribution in [0.2, 0.25) is 0 Å². The zero-order chi connectivity index (χ0) is 56.3. The molecule has 0 aliphatic carbocycles. The summed E-state index contributed by atoms with van der Waals surface area (Å²) in [6.45, 7) is 3.45. The number of nitrogen functional groups attached to an aromatic ring is 2. The topological polar surface area (TPSA) is 292 Å². The molecule has 3 unspecified atom stereocenters. The Labute approximate surface area is 457 Å². The van der Waals surface area contributed by atoms with Crippen molar-refractivity contribution in [2.45, 2.75) is 91.1 Å². The van der Waals surface area contributed by atoms with Crippen molar-refractivity contribution in [3.63, 3.8) is 0 Å². The lowest BCUT2D eigenvalue weighted by Crippen LogP contribution is -2.28. The van der Waals surface area contributed by atoms with Gasteiger partial charge in [-0.15, -0.1) is 20.4 Å². The number of halogens is 4. The number of anilines is 2. The Kier molecular flexibility index (Phi) is 16.4. The molecule has 6 N–H and O–H groups in total. The number of nitrogens with two attached hydrogens (primary N) is 2. The fourth-order valence-corrected chi connectivity index (χ4v) is 11.9. The molecule has 0 saturated carbocycles. The molecule has 10 rings (SSSR count). The highest BCUT2D eigenvalue weighted by molar-refractivity contribution is 7.92. The molecule has 0 radical (unpaired) electrons. The molecule has 2 aliphatic rings. The molecule has 80 heavy (non-hydrogen) atoms. The molecule has 2 aliphatic heterocycles. The van der Waals surface area contributed by atoms with Crippen molar-refractivity contribution in [3.8, 4) is 68.6 Å². The second-order valence-corrected chi connectivity index (χ2v) is 24.2. The van der Waals surface area contributed by atoms with Gasteiger partial charge in [-0.1, -0.05) is 36.4 Å². The van der Waals surface area contributed by atoms with Gasteiger partial charge in [0.15, 0.2) is 42.7 Å². The molecule has 4 aromatic heterocycles. The Morgan fingerprint density at radius 3 is 1.68 bits per heavy atom. The first kappa shape index (κ1) is 55.7. The van der Waals surface area contributed by atoms with Crippen LogP contribution >= 0.6 is 0 Å². The molecular formula is C54H54F4N12O8S2. The van der Waals surface area contributed by atoms with E-state index >= 15 is 8.78 Å². The third-order valence-electron chi connectivity index (χ3n) is 14.0. The number of hydrogen-bond donors (Lipinski definition) is 4. The molecule has 4 aromatic carbocycles. The van der Waals surface area contributed by atoms with Crippen molar-refractivity contribution < 1.29 is 52.7 Å². The second kappa shape index (κ2) is 23.6. The Morgan fingerprint density at radius 2 is 1.15 bits per heavy atom. The maximum atomic E-state index is 15.9. The predicted octanol–water partition coefficient (Wildman–Crippen LogP) is 8.02. The number of rotatable bonds is 21. The first-order valence-corrected chi connectivity index (χ1v) is 28.6. The molecule has 2 fully saturated rings. The number of nitrogens with zero attached hydrogens (tertiary/aromatic N) is 8. The normalized spacial score (nSPS) is 17.5. The van der Waals surface area contributed by atoms with Gasteiger partial charge in [-0.05, 0) is 99.2 Å². The summed E-state index contributed by atoms with van der Waals surface area (Å²) in [4.78, 5) is 18.3. The summed E-state index contributed by atoms with van der Waals surface area (Å²) in [6.07, 6.45) is 1.62. The summed E-state index contributed by atoms with van der Waals surface area (Å²) in [5.74, 6) is -1.98. The maximum Gasteiger partial charge on any atom is 0.270 e. The lowest BCUT2D eigenvalue weighted by Gasteiger charge is -2.17. The van der Waals surface area contributed by atoms with E-state index in [9.17, 15) is 25.6 Å². The predicted molar refractivity (Wildman–Crippen MR) is 286 cm³/mol. The summed E-state index contributed by atoms with van der Waals surface area (Å²) in [6, 6.07) is 20.9. The molecule has 418 valence electrons. The van der Waals surface area contributed by atoms with Crippen LogP contribution in [-0.2, 0) is 42.2 Å². The summed E-state index contributed by atoms with van der Waals surface area (Å²) in [5, 5.41) is 21.2. The van der Waals surface area contributed by atoms with Gasteiger partial charge in [-0.25, -0.2) is 45.6 Å². The zero-order valence-electron chi connectivity index (χ0n) is 43.2. The van der Waals surface area contributed by atoms with Crippen LogP contribution in [0.5, 0.6) is 0 Å². The van der Waals surface area contributed by atoms with Gasteiger partial charge in [-0.3, -0.25) is 8.78 Å². The van der Waals surface area contributed by atoms with E-state index < -0.39 is 61.3 Å². The molecule has 0 spiro atoms. The Morgan fingerprint density at radius 1 is 0.625 bits per heavy atom. The second-order valence-electron chi connectivity index (χ2n) is 19.4. The lowest BCUT2D eigenvalue weighted by atomic mass is 10.0. The van der Waals surface area contributed by atoms with Crippen LogP contribution in [0.3, 0.4) is 0 Å². The molecule has 0 amide bonds. The lowest BCUT2D eigenvalue weighted by molar-refractivity contribution is 0.106. The smallest absolute Gasteiger partial charge is 0.270 e. The van der Waals surface area contributed by atoms with Crippen LogP contribution in [0.15, 0.2) is 110 Å². The monoisotopic (exact) mass is 1140 g/mol. The van der Waals surface area contributed by atoms with Crippen molar-refractivity contribution in [2.24, 2.45) is 0 Å². The number of aromatic nitrogens is 8. The zero-order valence-corrected chi connectivity index (χ0v) is 44.8. The van der Waals surface area contributed by atoms with E-state index in [1.807, 2.05) is 0 Å². The third-order valence-corrected chi connectivity index (χ3v) is 18.4. The highest BCUT2D eigenvalue weighted by atomic mass is 32.2. The summed E-state index contributed by atoms with van der Waals surface area (Å²) >= 11 is 0. The summed E-state index contributed by atoms with van der Waals surface area (Å²) in [7, 11) is -7.62. The minimum absolute atomic E-state index is 0.00198. The van der Waals surface area contributed by atoms with Crippen LogP contribution in [0.1, 0.15) is 62.5 Å². The maximum absolute atomic E-state index is 15.9. The average Bonchev–Trinajstić information content (AvgIpc) is 4.35. The van der Waals surface area contributed by atoms with Crippen molar-refractivity contribution in [1.82, 2.24) is 51.0 Å². The van der Waals surface area contributed by atoms with Gasteiger partial charge in [0.25, 0.3) is 23.6 Å². The Bertz CT molecular complexity index is 3760. The van der Waals surface area contributed by atoms with Gasteiger partial charge in [0.05, 0.1) is 81.3 Å². The van der Waals surface area contributed by atoms with Crippen molar-refractivity contribution in [1.29, 1.82) is 0 Å². The highest BCUT2D eigenvalue weighted by Gasteiger charge is 2.33. The molecule has 8 aromatic rings. The average molecular weight is 1140 g/mol. The molecule has 26 heteroatoms. The van der Waals surface area contributed by atoms with Crippen LogP contribution in [0.4, 0.5) is 29.2 Å². The van der Waals surface area contributed by atoms with E-state index in [1.165, 1.54) is 74.6 Å². The SMILES string of the molecule is CC(CCF)S(=O)(=O)c1ccc(-c2cnc(N)c(-c3nnc(-c4ccc(CN[C@H]5COC(c6nc(N)c(-c7nnc(-c8ccc(CN[C@H]9CCOC9)cc8F)o7)nc6-c6ccc(S(=O)(=O)C(C)CCF)cc6)C5)cc4F)o3)n2)cc1. The van der Waals surface area contributed by atoms with E-state index in [4.69, 9.17) is 39.7 Å². The number of benzene rings is 4. The van der Waals surface area contributed by atoms with Gasteiger partial charge in [-0.2, -0.15) is 0 Å². The molecule has 20 nitrogen and oxygen atoms in total. The minimum Gasteiger partial charge on any atom is -0.414 e. The van der Waals surface area contributed by atoms with Crippen molar-refractivity contribution in [2.75, 3.05) is 44.6 Å². The van der Waals surface area contributed by atoms with E-state index in [0.29, 0.717) is 59.8 Å². The van der Waals surface area contributed by atoms with Crippen LogP contribution in [0, 0.1) is 11.6 Å². The number of nitrogens with one attached hydrogen (secondary N) is 2. The van der Waals surface area contributed by atoms with E-state index in [-0.39, 0.29) is 111 Å². The van der Waals surface area contributed by atoms with Crippen LogP contribution < -0.4 is 22.1 Å². The largest absolute Gasteiger partial charge is 0.414 e. The van der Waals surface area contributed by atoms with E-state index in [2.05, 4.69) is 41.0 Å². The van der Waals surface area contributed by atoms with Gasteiger partial charge < -0.3 is 40.4 Å². The molecule has 0 bridgehead atoms. The number of sulfone groups is 2. The minimum atomic E-state index is -3.87. The number of hydrogen-bond acceptors (Lipinski definition) is 20. The van der Waals surface area contributed by atoms with Crippen LogP contribution in [0.25, 0.3) is 68.6 Å². The first-order chi connectivity index (χ1) is 38.5. The van der Waals surface area contributed by atoms with Gasteiger partial charge in [0.2, 0.25) is 0 Å². The Balaban J connectivity index is 0.840. The quantitative estimate of drug-likeness (QED) is 0.0495.